The van der Waals surface area contributed by atoms with Gasteiger partial charge in [-0.1, -0.05) is 5.16 Å². The first-order chi connectivity index (χ1) is 9.22. The van der Waals surface area contributed by atoms with Crippen molar-refractivity contribution in [2.75, 3.05) is 18.4 Å². The summed E-state index contributed by atoms with van der Waals surface area (Å²) in [5.41, 5.74) is 0.741. The zero-order valence-electron chi connectivity index (χ0n) is 10.6. The number of urea groups is 1. The Bertz CT molecular complexity index is 561. The molecule has 3 rings (SSSR count). The van der Waals surface area contributed by atoms with Gasteiger partial charge in [0.2, 0.25) is 5.88 Å². The van der Waals surface area contributed by atoms with Crippen LogP contribution in [0.25, 0.3) is 0 Å². The summed E-state index contributed by atoms with van der Waals surface area (Å²) in [6.45, 7) is 3.18. The first-order valence-corrected chi connectivity index (χ1v) is 6.25. The van der Waals surface area contributed by atoms with Gasteiger partial charge in [-0.3, -0.25) is 5.32 Å². The number of hydrogen-bond acceptors (Lipinski definition) is 4. The Kier molecular flexibility index (Phi) is 2.98. The van der Waals surface area contributed by atoms with Gasteiger partial charge in [0.15, 0.2) is 0 Å². The first-order valence-electron chi connectivity index (χ1n) is 6.25. The molecule has 19 heavy (non-hydrogen) atoms. The lowest BCUT2D eigenvalue weighted by atomic mass is 10.1. The Hall–Kier alpha value is -2.24. The van der Waals surface area contributed by atoms with Crippen LogP contribution >= 0.6 is 0 Å². The quantitative estimate of drug-likeness (QED) is 0.901. The molecule has 0 aromatic carbocycles. The van der Waals surface area contributed by atoms with Gasteiger partial charge in [-0.25, -0.2) is 4.79 Å². The van der Waals surface area contributed by atoms with Crippen molar-refractivity contribution in [1.29, 1.82) is 0 Å². The van der Waals surface area contributed by atoms with Crippen molar-refractivity contribution in [2.24, 2.45) is 0 Å². The smallest absolute Gasteiger partial charge is 0.324 e. The van der Waals surface area contributed by atoms with Gasteiger partial charge in [-0.2, -0.15) is 0 Å². The maximum atomic E-state index is 12.0. The second-order valence-electron chi connectivity index (χ2n) is 4.71. The maximum Gasteiger partial charge on any atom is 0.324 e. The predicted octanol–water partition coefficient (Wildman–Crippen LogP) is 2.60. The van der Waals surface area contributed by atoms with Gasteiger partial charge in [0.1, 0.15) is 5.76 Å². The molecule has 0 radical (unpaired) electrons. The third-order valence-electron chi connectivity index (χ3n) is 3.28. The molecule has 6 nitrogen and oxygen atoms in total. The summed E-state index contributed by atoms with van der Waals surface area (Å²) in [7, 11) is 0. The van der Waals surface area contributed by atoms with Gasteiger partial charge in [-0.05, 0) is 25.5 Å². The molecule has 6 heteroatoms. The number of rotatable bonds is 2. The van der Waals surface area contributed by atoms with E-state index in [2.05, 4.69) is 10.5 Å². The number of carbonyl (C=O) groups excluding carboxylic acids is 1. The molecular weight excluding hydrogens is 246 g/mol. The van der Waals surface area contributed by atoms with Gasteiger partial charge in [0, 0.05) is 25.1 Å². The molecule has 0 saturated carbocycles. The number of carbonyl (C=O) groups is 1. The van der Waals surface area contributed by atoms with Crippen molar-refractivity contribution < 1.29 is 13.7 Å². The van der Waals surface area contributed by atoms with Crippen molar-refractivity contribution in [3.63, 3.8) is 0 Å². The van der Waals surface area contributed by atoms with E-state index in [1.54, 1.807) is 17.2 Å². The minimum Gasteiger partial charge on any atom is -0.469 e. The van der Waals surface area contributed by atoms with Gasteiger partial charge in [0.05, 0.1) is 12.0 Å². The van der Waals surface area contributed by atoms with Crippen LogP contribution in [-0.2, 0) is 0 Å². The van der Waals surface area contributed by atoms with Crippen LogP contribution in [0.2, 0.25) is 0 Å². The Morgan fingerprint density at radius 2 is 2.47 bits per heavy atom. The summed E-state index contributed by atoms with van der Waals surface area (Å²) >= 11 is 0. The second kappa shape index (κ2) is 4.79. The molecule has 1 atom stereocenters. The van der Waals surface area contributed by atoms with Crippen molar-refractivity contribution in [2.45, 2.75) is 19.3 Å². The van der Waals surface area contributed by atoms with E-state index in [4.69, 9.17) is 8.94 Å². The van der Waals surface area contributed by atoms with Crippen LogP contribution in [0, 0.1) is 6.92 Å². The van der Waals surface area contributed by atoms with Crippen molar-refractivity contribution in [3.8, 4) is 0 Å². The van der Waals surface area contributed by atoms with E-state index in [-0.39, 0.29) is 11.9 Å². The van der Waals surface area contributed by atoms with E-state index < -0.39 is 0 Å². The van der Waals surface area contributed by atoms with Crippen LogP contribution in [0.4, 0.5) is 10.7 Å². The molecule has 1 aliphatic heterocycles. The fraction of sp³-hybridized carbons (Fsp3) is 0.385. The number of anilines is 1. The highest BCUT2D eigenvalue weighted by atomic mass is 16.5. The van der Waals surface area contributed by atoms with Crippen molar-refractivity contribution >= 4 is 11.9 Å². The van der Waals surface area contributed by atoms with Crippen LogP contribution in [-0.4, -0.2) is 29.2 Å². The van der Waals surface area contributed by atoms with Crippen molar-refractivity contribution in [3.05, 3.63) is 35.9 Å². The van der Waals surface area contributed by atoms with E-state index in [0.717, 1.165) is 17.9 Å². The van der Waals surface area contributed by atoms with Crippen LogP contribution in [0.1, 0.15) is 23.8 Å². The monoisotopic (exact) mass is 261 g/mol. The normalized spacial score (nSPS) is 18.8. The highest BCUT2D eigenvalue weighted by Gasteiger charge is 2.29. The third-order valence-corrected chi connectivity index (χ3v) is 3.28. The van der Waals surface area contributed by atoms with Gasteiger partial charge >= 0.3 is 6.03 Å². The average molecular weight is 261 g/mol. The van der Waals surface area contributed by atoms with E-state index in [1.165, 1.54) is 0 Å². The van der Waals surface area contributed by atoms with Gasteiger partial charge in [-0.15, -0.1) is 0 Å². The summed E-state index contributed by atoms with van der Waals surface area (Å²) in [5.74, 6) is 1.59. The zero-order valence-corrected chi connectivity index (χ0v) is 10.6. The second-order valence-corrected chi connectivity index (χ2v) is 4.71. The molecule has 1 fully saturated rings. The lowest BCUT2D eigenvalue weighted by Crippen LogP contribution is -2.32. The molecule has 0 spiro atoms. The van der Waals surface area contributed by atoms with Gasteiger partial charge in [0.25, 0.3) is 0 Å². The average Bonchev–Trinajstić information content (AvgIpc) is 3.08. The largest absolute Gasteiger partial charge is 0.469 e. The lowest BCUT2D eigenvalue weighted by molar-refractivity contribution is 0.220. The molecule has 3 heterocycles. The predicted molar refractivity (Wildman–Crippen MR) is 67.9 cm³/mol. The van der Waals surface area contributed by atoms with Crippen LogP contribution in [0.15, 0.2) is 33.4 Å². The van der Waals surface area contributed by atoms with Crippen LogP contribution < -0.4 is 5.32 Å². The molecule has 0 bridgehead atoms. The molecule has 1 aliphatic rings. The van der Waals surface area contributed by atoms with E-state index in [1.807, 2.05) is 19.1 Å². The van der Waals surface area contributed by atoms with E-state index >= 15 is 0 Å². The van der Waals surface area contributed by atoms with Crippen molar-refractivity contribution in [1.82, 2.24) is 10.1 Å². The highest BCUT2D eigenvalue weighted by molar-refractivity contribution is 5.88. The van der Waals surface area contributed by atoms with E-state index in [0.29, 0.717) is 19.0 Å². The lowest BCUT2D eigenvalue weighted by Gasteiger charge is -2.15. The number of aryl methyl sites for hydroxylation is 1. The number of aromatic nitrogens is 1. The Labute approximate surface area is 110 Å². The number of likely N-dealkylation sites (tertiary alicyclic amines) is 1. The number of nitrogens with one attached hydrogen (secondary N) is 1. The highest BCUT2D eigenvalue weighted by Crippen LogP contribution is 2.27. The molecule has 100 valence electrons. The summed E-state index contributed by atoms with van der Waals surface area (Å²) in [5, 5.41) is 6.43. The molecule has 2 amide bonds. The summed E-state index contributed by atoms with van der Waals surface area (Å²) in [6, 6.07) is 5.35. The number of hydrogen-bond donors (Lipinski definition) is 1. The molecule has 2 aromatic rings. The minimum atomic E-state index is -0.162. The Balaban J connectivity index is 1.60. The Morgan fingerprint density at radius 1 is 1.58 bits per heavy atom. The van der Waals surface area contributed by atoms with Crippen LogP contribution in [0.3, 0.4) is 0 Å². The minimum absolute atomic E-state index is 0.162. The Morgan fingerprint density at radius 3 is 3.16 bits per heavy atom. The maximum absolute atomic E-state index is 12.0. The first kappa shape index (κ1) is 11.8. The fourth-order valence-corrected chi connectivity index (χ4v) is 2.31. The summed E-state index contributed by atoms with van der Waals surface area (Å²) < 4.78 is 10.3. The van der Waals surface area contributed by atoms with Gasteiger partial charge < -0.3 is 13.8 Å². The third kappa shape index (κ3) is 2.47. The topological polar surface area (TPSA) is 71.5 Å². The SMILES string of the molecule is Cc1cc(NC(=O)N2CCC(c3ccco3)C2)on1. The number of amides is 2. The van der Waals surface area contributed by atoms with E-state index in [9.17, 15) is 4.79 Å². The number of nitrogens with zero attached hydrogens (tertiary/aromatic N) is 2. The molecule has 1 N–H and O–H groups in total. The zero-order chi connectivity index (χ0) is 13.2. The fourth-order valence-electron chi connectivity index (χ4n) is 2.31. The summed E-state index contributed by atoms with van der Waals surface area (Å²) in [6.07, 6.45) is 2.58. The molecule has 1 unspecified atom stereocenters. The molecule has 0 aliphatic carbocycles. The molecular formula is C13H15N3O3. The standard InChI is InChI=1S/C13H15N3O3/c1-9-7-12(19-15-9)14-13(17)16-5-4-10(8-16)11-3-2-6-18-11/h2-3,6-7,10H,4-5,8H2,1H3,(H,14,17). The van der Waals surface area contributed by atoms with Crippen LogP contribution in [0.5, 0.6) is 0 Å². The molecule has 1 saturated heterocycles. The molecule has 2 aromatic heterocycles. The summed E-state index contributed by atoms with van der Waals surface area (Å²) in [4.78, 5) is 13.8. The number of furan rings is 1.